The van der Waals surface area contributed by atoms with Gasteiger partial charge in [-0.05, 0) is 49.1 Å². The van der Waals surface area contributed by atoms with Crippen LogP contribution in [0, 0.1) is 5.92 Å². The van der Waals surface area contributed by atoms with Gasteiger partial charge < -0.3 is 21.6 Å². The number of pyridine rings is 1. The first-order valence-electron chi connectivity index (χ1n) is 9.47. The molecule has 1 saturated carbocycles. The maximum Gasteiger partial charge on any atom is 0.286 e. The largest absolute Gasteiger partial charge is 0.506 e. The number of aromatic nitrogens is 1. The lowest BCUT2D eigenvalue weighted by Crippen LogP contribution is -2.37. The highest BCUT2D eigenvalue weighted by Crippen LogP contribution is 2.33. The van der Waals surface area contributed by atoms with E-state index in [1.54, 1.807) is 30.3 Å². The number of aromatic hydroxyl groups is 1. The topological polar surface area (TPSA) is 139 Å². The van der Waals surface area contributed by atoms with Crippen LogP contribution < -0.4 is 22.0 Å². The summed E-state index contributed by atoms with van der Waals surface area (Å²) in [5.74, 6) is -0.0707. The number of para-hydroxylation sites is 1. The highest BCUT2D eigenvalue weighted by atomic mass is 32.2. The number of hydrogen-bond donors (Lipinski definition) is 4. The summed E-state index contributed by atoms with van der Waals surface area (Å²) in [7, 11) is -4.11. The molecule has 1 fully saturated rings. The summed E-state index contributed by atoms with van der Waals surface area (Å²) in [4.78, 5) is 13.2. The third-order valence-electron chi connectivity index (χ3n) is 5.27. The molecule has 0 saturated heterocycles. The molecule has 0 spiro atoms. The van der Waals surface area contributed by atoms with Gasteiger partial charge in [-0.15, -0.1) is 4.40 Å². The van der Waals surface area contributed by atoms with Gasteiger partial charge in [0.15, 0.2) is 5.84 Å². The van der Waals surface area contributed by atoms with Crippen molar-refractivity contribution in [2.75, 3.05) is 23.0 Å². The number of benzene rings is 2. The summed E-state index contributed by atoms with van der Waals surface area (Å²) in [5, 5.41) is 14.1. The van der Waals surface area contributed by atoms with E-state index < -0.39 is 15.6 Å². The lowest BCUT2D eigenvalue weighted by atomic mass is 10.1. The lowest BCUT2D eigenvalue weighted by Gasteiger charge is -2.21. The smallest absolute Gasteiger partial charge is 0.286 e. The second-order valence-electron chi connectivity index (χ2n) is 7.48. The number of fused-ring (bicyclic) bond motifs is 2. The molecular weight excluding hydrogens is 406 g/mol. The minimum atomic E-state index is -4.11. The Morgan fingerprint density at radius 2 is 2.00 bits per heavy atom. The molecule has 5 N–H and O–H groups in total. The van der Waals surface area contributed by atoms with Gasteiger partial charge in [0, 0.05) is 17.6 Å². The average Bonchev–Trinajstić information content (AvgIpc) is 3.53. The predicted molar refractivity (Wildman–Crippen MR) is 115 cm³/mol. The van der Waals surface area contributed by atoms with Gasteiger partial charge in [-0.25, -0.2) is 4.68 Å². The maximum absolute atomic E-state index is 13.3. The second-order valence-corrected chi connectivity index (χ2v) is 9.06. The van der Waals surface area contributed by atoms with Gasteiger partial charge in [-0.1, -0.05) is 12.1 Å². The number of nitrogens with one attached hydrogen (secondary N) is 2. The quantitative estimate of drug-likeness (QED) is 0.468. The van der Waals surface area contributed by atoms with Crippen LogP contribution in [0.4, 0.5) is 11.4 Å². The number of anilines is 2. The van der Waals surface area contributed by atoms with E-state index in [2.05, 4.69) is 15.1 Å². The Kier molecular flexibility index (Phi) is 4.00. The minimum absolute atomic E-state index is 0.0845. The molecule has 2 aliphatic rings. The molecule has 0 unspecified atom stereocenters. The molecule has 10 heteroatoms. The Balaban J connectivity index is 1.72. The van der Waals surface area contributed by atoms with E-state index in [-0.39, 0.29) is 33.4 Å². The van der Waals surface area contributed by atoms with Gasteiger partial charge in [0.05, 0.1) is 11.2 Å². The molecule has 2 heterocycles. The van der Waals surface area contributed by atoms with Crippen LogP contribution in [-0.4, -0.2) is 30.6 Å². The fraction of sp³-hybridized carbons (Fsp3) is 0.200. The van der Waals surface area contributed by atoms with Crippen LogP contribution in [0.2, 0.25) is 0 Å². The van der Waals surface area contributed by atoms with E-state index in [1.807, 2.05) is 0 Å². The summed E-state index contributed by atoms with van der Waals surface area (Å²) >= 11 is 0. The predicted octanol–water partition coefficient (Wildman–Crippen LogP) is 1.80. The van der Waals surface area contributed by atoms with Crippen molar-refractivity contribution in [1.29, 1.82) is 0 Å². The number of sulfonamides is 1. The Bertz CT molecular complexity index is 1390. The SMILES string of the molecule is Nc1ccc2c(c1)S(=O)(=O)N=C(c1c(O)c3ccccc3n(NCC3CC3)c1=O)N2. The van der Waals surface area contributed by atoms with E-state index in [0.717, 1.165) is 12.8 Å². The van der Waals surface area contributed by atoms with Crippen LogP contribution >= 0.6 is 0 Å². The van der Waals surface area contributed by atoms with E-state index in [0.29, 0.717) is 23.4 Å². The maximum atomic E-state index is 13.3. The molecule has 5 rings (SSSR count). The number of nitrogens with two attached hydrogens (primary N) is 1. The van der Waals surface area contributed by atoms with Crippen LogP contribution in [-0.2, 0) is 10.0 Å². The van der Waals surface area contributed by atoms with Crippen LogP contribution in [0.3, 0.4) is 0 Å². The number of amidine groups is 1. The number of nitrogens with zero attached hydrogens (tertiary/aromatic N) is 2. The molecule has 0 atom stereocenters. The van der Waals surface area contributed by atoms with Gasteiger partial charge in [0.1, 0.15) is 16.2 Å². The zero-order valence-electron chi connectivity index (χ0n) is 15.8. The molecular formula is C20H19N5O4S. The van der Waals surface area contributed by atoms with Crippen molar-refractivity contribution in [3.63, 3.8) is 0 Å². The first-order chi connectivity index (χ1) is 14.3. The summed E-state index contributed by atoms with van der Waals surface area (Å²) < 4.78 is 30.5. The van der Waals surface area contributed by atoms with Crippen molar-refractivity contribution < 1.29 is 13.5 Å². The van der Waals surface area contributed by atoms with Crippen molar-refractivity contribution in [2.24, 2.45) is 10.3 Å². The van der Waals surface area contributed by atoms with Crippen LogP contribution in [0.1, 0.15) is 18.4 Å². The fourth-order valence-electron chi connectivity index (χ4n) is 3.52. The van der Waals surface area contributed by atoms with Gasteiger partial charge in [0.2, 0.25) is 0 Å². The lowest BCUT2D eigenvalue weighted by molar-refractivity contribution is 0.478. The molecule has 0 amide bonds. The Morgan fingerprint density at radius 3 is 2.77 bits per heavy atom. The van der Waals surface area contributed by atoms with E-state index in [4.69, 9.17) is 5.73 Å². The van der Waals surface area contributed by atoms with Crippen molar-refractivity contribution in [3.05, 3.63) is 58.4 Å². The fourth-order valence-corrected chi connectivity index (χ4v) is 4.68. The normalized spacial score (nSPS) is 17.1. The van der Waals surface area contributed by atoms with E-state index in [1.165, 1.54) is 16.8 Å². The molecule has 1 aromatic heterocycles. The molecule has 0 radical (unpaired) electrons. The molecule has 0 bridgehead atoms. The van der Waals surface area contributed by atoms with E-state index >= 15 is 0 Å². The van der Waals surface area contributed by atoms with Gasteiger partial charge in [-0.3, -0.25) is 4.79 Å². The first-order valence-corrected chi connectivity index (χ1v) is 10.9. The molecule has 154 valence electrons. The number of rotatable bonds is 4. The van der Waals surface area contributed by atoms with Gasteiger partial charge in [0.25, 0.3) is 15.6 Å². The summed E-state index contributed by atoms with van der Waals surface area (Å²) in [6.45, 7) is 0.606. The highest BCUT2D eigenvalue weighted by Gasteiger charge is 2.30. The zero-order chi connectivity index (χ0) is 21.0. The first kappa shape index (κ1) is 18.5. The molecule has 1 aliphatic heterocycles. The standard InChI is InChI=1S/C20H19N5O4S/c21-12-7-8-14-16(9-12)30(28,29)24-19(23-14)17-18(26)13-3-1-2-4-15(13)25(20(17)27)22-10-11-5-6-11/h1-4,7-9,11,22,26H,5-6,10,21H2,(H,23,24). The molecule has 9 nitrogen and oxygen atoms in total. The van der Waals surface area contributed by atoms with E-state index in [9.17, 15) is 18.3 Å². The van der Waals surface area contributed by atoms with Crippen LogP contribution in [0.15, 0.2) is 56.6 Å². The number of hydrogen-bond acceptors (Lipinski definition) is 7. The van der Waals surface area contributed by atoms with Crippen LogP contribution in [0.5, 0.6) is 5.75 Å². The van der Waals surface area contributed by atoms with Crippen molar-refractivity contribution in [3.8, 4) is 5.75 Å². The third-order valence-corrected chi connectivity index (χ3v) is 6.59. The summed E-state index contributed by atoms with van der Waals surface area (Å²) in [6.07, 6.45) is 2.19. The van der Waals surface area contributed by atoms with Gasteiger partial charge in [-0.2, -0.15) is 8.42 Å². The zero-order valence-corrected chi connectivity index (χ0v) is 16.6. The third kappa shape index (κ3) is 2.96. The average molecular weight is 425 g/mol. The van der Waals surface area contributed by atoms with Crippen LogP contribution in [0.25, 0.3) is 10.9 Å². The molecule has 30 heavy (non-hydrogen) atoms. The highest BCUT2D eigenvalue weighted by molar-refractivity contribution is 7.90. The molecule has 3 aromatic rings. The summed E-state index contributed by atoms with van der Waals surface area (Å²) in [5.41, 5.74) is 9.01. The number of nitrogen functional groups attached to an aromatic ring is 1. The molecule has 2 aromatic carbocycles. The Labute approximate surface area is 171 Å². The second kappa shape index (κ2) is 6.49. The Hall–Kier alpha value is -3.53. The minimum Gasteiger partial charge on any atom is -0.506 e. The van der Waals surface area contributed by atoms with Crippen molar-refractivity contribution in [1.82, 2.24) is 4.68 Å². The Morgan fingerprint density at radius 1 is 1.23 bits per heavy atom. The molecule has 1 aliphatic carbocycles. The summed E-state index contributed by atoms with van der Waals surface area (Å²) in [6, 6.07) is 11.2. The van der Waals surface area contributed by atoms with Crippen molar-refractivity contribution >= 4 is 38.1 Å². The van der Waals surface area contributed by atoms with Gasteiger partial charge >= 0.3 is 0 Å². The monoisotopic (exact) mass is 425 g/mol. The van der Waals surface area contributed by atoms with Crippen molar-refractivity contribution in [2.45, 2.75) is 17.7 Å².